The van der Waals surface area contributed by atoms with E-state index in [1.807, 2.05) is 27.0 Å². The summed E-state index contributed by atoms with van der Waals surface area (Å²) in [5.41, 5.74) is -1.05. The van der Waals surface area contributed by atoms with Gasteiger partial charge in [-0.15, -0.1) is 0 Å². The van der Waals surface area contributed by atoms with E-state index in [1.54, 1.807) is 65.9 Å². The number of rotatable bonds is 6. The van der Waals surface area contributed by atoms with Gasteiger partial charge in [0.2, 0.25) is 5.88 Å². The Bertz CT molecular complexity index is 2670. The number of nitrogens with zero attached hydrogens (tertiary/aromatic N) is 6. The molecule has 1 saturated heterocycles. The van der Waals surface area contributed by atoms with Crippen LogP contribution in [-0.4, -0.2) is 177 Å². The van der Waals surface area contributed by atoms with Gasteiger partial charge in [0.25, 0.3) is 5.56 Å². The Labute approximate surface area is 514 Å². The van der Waals surface area contributed by atoms with Crippen molar-refractivity contribution < 1.29 is 121 Å². The number of aromatic amines is 1. The first-order chi connectivity index (χ1) is 35.5. The van der Waals surface area contributed by atoms with Crippen molar-refractivity contribution in [1.29, 1.82) is 5.41 Å². The summed E-state index contributed by atoms with van der Waals surface area (Å²) in [6.07, 6.45) is 4.50. The number of carbonyl (C=O) groups is 5. The average molecular weight is 1290 g/mol. The minimum absolute atomic E-state index is 0. The summed E-state index contributed by atoms with van der Waals surface area (Å²) < 4.78 is 117. The Morgan fingerprint density at radius 3 is 1.46 bits per heavy atom. The summed E-state index contributed by atoms with van der Waals surface area (Å²) in [6, 6.07) is 0. The Morgan fingerprint density at radius 1 is 0.732 bits per heavy atom. The number of nitrogens with one attached hydrogen (secondary N) is 2. The zero-order chi connectivity index (χ0) is 60.9. The normalized spacial score (nSPS) is 14.6. The number of fused-ring (bicyclic) bond motifs is 2. The number of aromatic nitrogens is 4. The van der Waals surface area contributed by atoms with Gasteiger partial charge in [-0.3, -0.25) is 28.9 Å². The molecule has 0 aromatic carbocycles. The molecule has 0 saturated carbocycles. The number of halogens is 3. The molecule has 1 atom stereocenters. The summed E-state index contributed by atoms with van der Waals surface area (Å²) in [5, 5.41) is 15.5. The fourth-order valence-electron chi connectivity index (χ4n) is 5.96. The van der Waals surface area contributed by atoms with E-state index >= 15 is 0 Å². The van der Waals surface area contributed by atoms with Gasteiger partial charge in [0.15, 0.2) is 21.3 Å². The topological polar surface area (TPSA) is 394 Å². The standard InChI is InChI=1S/C14H18F3N3O5S2.C13H19N3O3S.C13H21NO5.C2H6N2S.CH3O.3CH4.Na.H2O4S/c1-13(2,3)24-12(21)20-6-5-8-9(7-20)18-11(26-4)19-10(8)25-27(22,23)14(15,16)17;1-13(2,3)19-12(18)16-6-5-8-9(7-16)14-11(20-4)15-10(8)17;1-5-18-11(16)9-6-7-14(8-10(9)15)12(17)19-13(2,3)4;1-5-2(3)4;1-2;;;;;1-5(2,3)4/h5-7H2,1-4H3;5-7H2,1-4H3,(H,14,15,17);9H,5-8H2,1-4H3;1H3,(H3,3,4);1H3;3*1H4;;(H2,1,2,3,4)/q;;;;-1;;;;+1;. The van der Waals surface area contributed by atoms with Crippen LogP contribution in [0.3, 0.4) is 0 Å². The van der Waals surface area contributed by atoms with E-state index in [0.29, 0.717) is 42.5 Å². The SMILES string of the molecule is C.C.C.CCOC(=O)C1CCN(C(=O)OC(C)(C)C)CC1=O.CSC(=N)N.CSc1nc2c(c(=O)[nH]1)CCN(C(=O)OC(C)(C)C)C2.CSc1nc2c(c(OS(=O)(=O)C(F)(F)F)n1)CCN(C(=O)OC(C)(C)C)C2.C[O-].O=S(=O)(O)O.[Na+]. The molecular formula is C46H81F3N9NaO18S5. The second-order valence-electron chi connectivity index (χ2n) is 18.7. The Kier molecular flexibility index (Phi) is 40.1. The third-order valence-corrected chi connectivity index (χ3v) is 11.6. The minimum Gasteiger partial charge on any atom is -0.857 e. The van der Waals surface area contributed by atoms with E-state index in [9.17, 15) is 50.4 Å². The second kappa shape index (κ2) is 38.0. The molecule has 5 heterocycles. The number of likely N-dealkylation sites (tertiary alicyclic amines) is 1. The van der Waals surface area contributed by atoms with Gasteiger partial charge in [0.1, 0.15) is 22.7 Å². The molecule has 2 aromatic rings. The average Bonchev–Trinajstić information content (AvgIpc) is 3.29. The van der Waals surface area contributed by atoms with Gasteiger partial charge < -0.3 is 53.7 Å². The fourth-order valence-corrected chi connectivity index (χ4v) is 7.17. The Hall–Kier alpha value is -4.20. The number of hydrogen-bond donors (Lipinski definition) is 5. The van der Waals surface area contributed by atoms with Crippen molar-refractivity contribution in [2.24, 2.45) is 11.7 Å². The van der Waals surface area contributed by atoms with E-state index in [2.05, 4.69) is 24.1 Å². The van der Waals surface area contributed by atoms with Crippen molar-refractivity contribution in [1.82, 2.24) is 34.6 Å². The Morgan fingerprint density at radius 2 is 1.12 bits per heavy atom. The van der Waals surface area contributed by atoms with Crippen LogP contribution in [0.25, 0.3) is 0 Å². The third-order valence-electron chi connectivity index (χ3n) is 9.08. The van der Waals surface area contributed by atoms with Crippen LogP contribution in [0, 0.1) is 11.3 Å². The number of ketones is 1. The first-order valence-electron chi connectivity index (χ1n) is 22.8. The number of hydrogen-bond acceptors (Lipinski definition) is 23. The van der Waals surface area contributed by atoms with Gasteiger partial charge in [0, 0.05) is 30.8 Å². The molecule has 6 N–H and O–H groups in total. The van der Waals surface area contributed by atoms with Crippen LogP contribution in [0.5, 0.6) is 5.88 Å². The number of esters is 1. The van der Waals surface area contributed by atoms with Crippen molar-refractivity contribution in [2.45, 2.75) is 156 Å². The van der Waals surface area contributed by atoms with Gasteiger partial charge in [0.05, 0.1) is 37.6 Å². The monoisotopic (exact) mass is 1290 g/mol. The number of carbonyl (C=O) groups excluding carboxylic acids is 5. The molecule has 470 valence electrons. The summed E-state index contributed by atoms with van der Waals surface area (Å²) in [6.45, 7) is 18.9. The molecule has 3 aliphatic rings. The maximum absolute atomic E-state index is 12.6. The number of ether oxygens (including phenoxy) is 4. The zero-order valence-corrected chi connectivity index (χ0v) is 52.6. The van der Waals surface area contributed by atoms with Crippen molar-refractivity contribution in [3.05, 3.63) is 32.9 Å². The quantitative estimate of drug-likeness (QED) is 0.0236. The maximum Gasteiger partial charge on any atom is 1.00 e. The maximum atomic E-state index is 12.6. The number of amidine groups is 1. The molecule has 3 amide bonds. The molecule has 27 nitrogen and oxygen atoms in total. The van der Waals surface area contributed by atoms with Gasteiger partial charge in [-0.05, 0) is 107 Å². The van der Waals surface area contributed by atoms with Crippen molar-refractivity contribution in [3.63, 3.8) is 0 Å². The molecule has 1 unspecified atom stereocenters. The van der Waals surface area contributed by atoms with Crippen LogP contribution >= 0.6 is 35.3 Å². The molecule has 82 heavy (non-hydrogen) atoms. The molecule has 2 aromatic heterocycles. The number of alkyl halides is 3. The summed E-state index contributed by atoms with van der Waals surface area (Å²) in [5.74, 6) is -2.23. The van der Waals surface area contributed by atoms with Crippen LogP contribution in [0.2, 0.25) is 0 Å². The molecule has 36 heteroatoms. The smallest absolute Gasteiger partial charge is 0.857 e. The van der Waals surface area contributed by atoms with Crippen molar-refractivity contribution >= 4 is 91.0 Å². The van der Waals surface area contributed by atoms with E-state index < -0.39 is 72.8 Å². The second-order valence-corrected chi connectivity index (χ2v) is 23.6. The summed E-state index contributed by atoms with van der Waals surface area (Å²) >= 11 is 3.61. The largest absolute Gasteiger partial charge is 1.00 e. The number of nitrogens with two attached hydrogens (primary N) is 1. The number of thioether (sulfide) groups is 3. The number of piperidine rings is 1. The molecule has 0 spiro atoms. The molecule has 0 radical (unpaired) electrons. The number of Topliss-reactive ketones (excluding diaryl/α,β-unsaturated/α-hetero) is 1. The van der Waals surface area contributed by atoms with Crippen LogP contribution in [0.4, 0.5) is 27.6 Å². The van der Waals surface area contributed by atoms with E-state index in [0.717, 1.165) is 18.9 Å². The van der Waals surface area contributed by atoms with Gasteiger partial charge in [-0.1, -0.05) is 57.6 Å². The molecule has 0 bridgehead atoms. The van der Waals surface area contributed by atoms with Crippen LogP contribution in [0.1, 0.15) is 120 Å². The predicted molar refractivity (Wildman–Crippen MR) is 300 cm³/mol. The molecular weight excluding hydrogens is 1210 g/mol. The summed E-state index contributed by atoms with van der Waals surface area (Å²) in [7, 11) is -9.78. The van der Waals surface area contributed by atoms with Gasteiger partial charge in [-0.2, -0.15) is 42.1 Å². The molecule has 5 rings (SSSR count). The van der Waals surface area contributed by atoms with Gasteiger partial charge in [-0.25, -0.2) is 24.4 Å². The Balaban J connectivity index is -0.000000325. The number of H-pyrrole nitrogens is 1. The van der Waals surface area contributed by atoms with Gasteiger partial charge >= 0.3 is 79.8 Å². The van der Waals surface area contributed by atoms with Crippen LogP contribution in [-0.2, 0) is 75.0 Å². The van der Waals surface area contributed by atoms with E-state index in [1.165, 1.54) is 33.3 Å². The van der Waals surface area contributed by atoms with E-state index in [-0.39, 0.29) is 130 Å². The fraction of sp³-hybridized carbons (Fsp3) is 0.696. The molecule has 0 aliphatic carbocycles. The van der Waals surface area contributed by atoms with Crippen molar-refractivity contribution in [2.75, 3.05) is 58.7 Å². The van der Waals surface area contributed by atoms with E-state index in [4.69, 9.17) is 52.7 Å². The first-order valence-corrected chi connectivity index (χ1v) is 29.2. The third kappa shape index (κ3) is 33.3. The number of amides is 3. The van der Waals surface area contributed by atoms with Crippen molar-refractivity contribution in [3.8, 4) is 5.88 Å². The molecule has 1 fully saturated rings. The molecule has 3 aliphatic heterocycles. The first kappa shape index (κ1) is 86.6. The van der Waals surface area contributed by atoms with Crippen LogP contribution in [0.15, 0.2) is 15.1 Å². The predicted octanol–water partition coefficient (Wildman–Crippen LogP) is 3.36. The van der Waals surface area contributed by atoms with Crippen LogP contribution < -0.4 is 50.1 Å². The summed E-state index contributed by atoms with van der Waals surface area (Å²) in [4.78, 5) is 90.6. The zero-order valence-electron chi connectivity index (χ0n) is 46.5. The minimum atomic E-state index is -5.87.